The summed E-state index contributed by atoms with van der Waals surface area (Å²) in [5.74, 6) is -1.53. The van der Waals surface area contributed by atoms with Gasteiger partial charge in [-0.2, -0.15) is 0 Å². The van der Waals surface area contributed by atoms with Crippen LogP contribution in [0.3, 0.4) is 0 Å². The van der Waals surface area contributed by atoms with E-state index >= 15 is 0 Å². The van der Waals surface area contributed by atoms with Crippen LogP contribution in [0.4, 0.5) is 10.1 Å². The molecule has 0 aromatic heterocycles. The number of piperidine rings is 1. The summed E-state index contributed by atoms with van der Waals surface area (Å²) in [5, 5.41) is 13.3. The second-order valence-electron chi connectivity index (χ2n) is 5.88. The summed E-state index contributed by atoms with van der Waals surface area (Å²) in [7, 11) is -3.26. The second kappa shape index (κ2) is 7.87. The average molecular weight is 373 g/mol. The minimum atomic E-state index is -3.26. The number of nitro benzene ring substituents is 1. The van der Waals surface area contributed by atoms with Gasteiger partial charge in [0.15, 0.2) is 0 Å². The molecule has 8 nitrogen and oxygen atoms in total. The van der Waals surface area contributed by atoms with Crippen LogP contribution in [0.2, 0.25) is 0 Å². The molecule has 1 heterocycles. The first-order valence-corrected chi connectivity index (χ1v) is 9.58. The van der Waals surface area contributed by atoms with Gasteiger partial charge in [-0.3, -0.25) is 14.9 Å². The first-order chi connectivity index (χ1) is 11.7. The summed E-state index contributed by atoms with van der Waals surface area (Å²) < 4.78 is 39.3. The normalized spacial score (nSPS) is 16.6. The van der Waals surface area contributed by atoms with Crippen molar-refractivity contribution in [1.82, 2.24) is 9.62 Å². The third-order valence-corrected chi connectivity index (χ3v) is 6.13. The van der Waals surface area contributed by atoms with Gasteiger partial charge in [-0.25, -0.2) is 17.1 Å². The Hall–Kier alpha value is -2.07. The first kappa shape index (κ1) is 19.3. The molecule has 0 saturated carbocycles. The number of hydrogen-bond acceptors (Lipinski definition) is 5. The third kappa shape index (κ3) is 4.73. The number of nitrogens with zero attached hydrogens (tertiary/aromatic N) is 2. The molecule has 25 heavy (non-hydrogen) atoms. The van der Waals surface area contributed by atoms with E-state index in [-0.39, 0.29) is 17.4 Å². The summed E-state index contributed by atoms with van der Waals surface area (Å²) in [6, 6.07) is 2.58. The van der Waals surface area contributed by atoms with Gasteiger partial charge in [0.25, 0.3) is 11.6 Å². The third-order valence-electron chi connectivity index (χ3n) is 4.05. The Morgan fingerprint density at radius 3 is 2.56 bits per heavy atom. The quantitative estimate of drug-likeness (QED) is 0.602. The molecule has 1 amide bonds. The predicted octanol–water partition coefficient (Wildman–Crippen LogP) is 1.67. The number of benzene rings is 1. The topological polar surface area (TPSA) is 110 Å². The highest BCUT2D eigenvalue weighted by molar-refractivity contribution is 7.89. The lowest BCUT2D eigenvalue weighted by Crippen LogP contribution is -2.47. The SMILES string of the molecule is CCCS(=O)(=O)N1CCC(NC(=O)c2ccc([N+](=O)[O-])cc2F)CC1. The van der Waals surface area contributed by atoms with Gasteiger partial charge in [-0.05, 0) is 25.3 Å². The monoisotopic (exact) mass is 373 g/mol. The maximum absolute atomic E-state index is 13.9. The van der Waals surface area contributed by atoms with Crippen molar-refractivity contribution < 1.29 is 22.5 Å². The summed E-state index contributed by atoms with van der Waals surface area (Å²) >= 11 is 0. The zero-order valence-electron chi connectivity index (χ0n) is 13.8. The van der Waals surface area contributed by atoms with Crippen molar-refractivity contribution >= 4 is 21.6 Å². The van der Waals surface area contributed by atoms with Crippen LogP contribution in [-0.2, 0) is 10.0 Å². The number of hydrogen-bond donors (Lipinski definition) is 1. The van der Waals surface area contributed by atoms with Crippen molar-refractivity contribution in [2.45, 2.75) is 32.2 Å². The Morgan fingerprint density at radius 1 is 1.40 bits per heavy atom. The summed E-state index contributed by atoms with van der Waals surface area (Å²) in [6.07, 6.45) is 1.41. The zero-order valence-corrected chi connectivity index (χ0v) is 14.6. The van der Waals surface area contributed by atoms with E-state index in [0.29, 0.717) is 38.4 Å². The highest BCUT2D eigenvalue weighted by atomic mass is 32.2. The Kier molecular flexibility index (Phi) is 6.07. The van der Waals surface area contributed by atoms with Crippen molar-refractivity contribution in [3.8, 4) is 0 Å². The van der Waals surface area contributed by atoms with Crippen molar-refractivity contribution in [3.63, 3.8) is 0 Å². The molecule has 138 valence electrons. The Labute approximate surface area is 145 Å². The Balaban J connectivity index is 1.96. The molecule has 1 aliphatic heterocycles. The molecular formula is C15H20FN3O5S. The highest BCUT2D eigenvalue weighted by Crippen LogP contribution is 2.19. The van der Waals surface area contributed by atoms with Crippen molar-refractivity contribution in [2.75, 3.05) is 18.8 Å². The molecule has 2 rings (SSSR count). The van der Waals surface area contributed by atoms with E-state index in [2.05, 4.69) is 5.32 Å². The standard InChI is InChI=1S/C15H20FN3O5S/c1-2-9-25(23,24)18-7-5-11(6-8-18)17-15(20)13-4-3-12(19(21)22)10-14(13)16/h3-4,10-11H,2,5-9H2,1H3,(H,17,20). The molecule has 0 atom stereocenters. The van der Waals surface area contributed by atoms with Crippen molar-refractivity contribution in [1.29, 1.82) is 0 Å². The average Bonchev–Trinajstić information content (AvgIpc) is 2.55. The minimum absolute atomic E-state index is 0.0953. The van der Waals surface area contributed by atoms with Gasteiger partial charge < -0.3 is 5.32 Å². The number of carbonyl (C=O) groups is 1. The molecule has 0 unspecified atom stereocenters. The number of rotatable bonds is 6. The van der Waals surface area contributed by atoms with Crippen molar-refractivity contribution in [3.05, 3.63) is 39.7 Å². The molecular weight excluding hydrogens is 353 g/mol. The molecule has 1 saturated heterocycles. The van der Waals surface area contributed by atoms with Gasteiger partial charge in [0.05, 0.1) is 22.3 Å². The van der Waals surface area contributed by atoms with Gasteiger partial charge in [-0.15, -0.1) is 0 Å². The highest BCUT2D eigenvalue weighted by Gasteiger charge is 2.28. The van der Waals surface area contributed by atoms with Crippen LogP contribution in [0, 0.1) is 15.9 Å². The number of carbonyl (C=O) groups excluding carboxylic acids is 1. The van der Waals surface area contributed by atoms with E-state index < -0.39 is 32.4 Å². The van der Waals surface area contributed by atoms with Crippen LogP contribution >= 0.6 is 0 Å². The van der Waals surface area contributed by atoms with Crippen LogP contribution in [0.25, 0.3) is 0 Å². The molecule has 1 aliphatic rings. The zero-order chi connectivity index (χ0) is 18.6. The number of sulfonamides is 1. The summed E-state index contributed by atoms with van der Waals surface area (Å²) in [6.45, 7) is 2.40. The van der Waals surface area contributed by atoms with Crippen LogP contribution in [0.15, 0.2) is 18.2 Å². The van der Waals surface area contributed by atoms with Gasteiger partial charge in [-0.1, -0.05) is 6.92 Å². The molecule has 0 aliphatic carbocycles. The van der Waals surface area contributed by atoms with E-state index in [1.807, 2.05) is 0 Å². The van der Waals surface area contributed by atoms with E-state index in [0.717, 1.165) is 12.1 Å². The number of halogens is 1. The smallest absolute Gasteiger partial charge is 0.272 e. The van der Waals surface area contributed by atoms with Gasteiger partial charge in [0.2, 0.25) is 10.0 Å². The van der Waals surface area contributed by atoms with Gasteiger partial charge in [0.1, 0.15) is 5.82 Å². The van der Waals surface area contributed by atoms with E-state index in [1.54, 1.807) is 6.92 Å². The molecule has 0 radical (unpaired) electrons. The Morgan fingerprint density at radius 2 is 2.04 bits per heavy atom. The van der Waals surface area contributed by atoms with Crippen LogP contribution in [0.1, 0.15) is 36.5 Å². The van der Waals surface area contributed by atoms with Crippen LogP contribution in [-0.4, -0.2) is 48.4 Å². The fourth-order valence-corrected chi connectivity index (χ4v) is 4.27. The fraction of sp³-hybridized carbons (Fsp3) is 0.533. The van der Waals surface area contributed by atoms with E-state index in [4.69, 9.17) is 0 Å². The van der Waals surface area contributed by atoms with E-state index in [1.165, 1.54) is 4.31 Å². The first-order valence-electron chi connectivity index (χ1n) is 7.97. The lowest BCUT2D eigenvalue weighted by Gasteiger charge is -2.31. The number of nitrogens with one attached hydrogen (secondary N) is 1. The maximum Gasteiger partial charge on any atom is 0.272 e. The van der Waals surface area contributed by atoms with Crippen LogP contribution < -0.4 is 5.32 Å². The molecule has 1 N–H and O–H groups in total. The van der Waals surface area contributed by atoms with Crippen LogP contribution in [0.5, 0.6) is 0 Å². The summed E-state index contributed by atoms with van der Waals surface area (Å²) in [5.41, 5.74) is -0.699. The lowest BCUT2D eigenvalue weighted by atomic mass is 10.1. The molecule has 1 aromatic carbocycles. The predicted molar refractivity (Wildman–Crippen MR) is 89.2 cm³/mol. The Bertz CT molecular complexity index is 760. The lowest BCUT2D eigenvalue weighted by molar-refractivity contribution is -0.385. The fourth-order valence-electron chi connectivity index (χ4n) is 2.73. The second-order valence-corrected chi connectivity index (χ2v) is 7.97. The molecule has 1 fully saturated rings. The maximum atomic E-state index is 13.9. The largest absolute Gasteiger partial charge is 0.349 e. The molecule has 1 aromatic rings. The van der Waals surface area contributed by atoms with Gasteiger partial charge in [0, 0.05) is 25.2 Å². The number of amides is 1. The molecule has 10 heteroatoms. The minimum Gasteiger partial charge on any atom is -0.349 e. The summed E-state index contributed by atoms with van der Waals surface area (Å²) in [4.78, 5) is 22.0. The molecule has 0 spiro atoms. The van der Waals surface area contributed by atoms with Gasteiger partial charge >= 0.3 is 0 Å². The molecule has 0 bridgehead atoms. The number of nitro groups is 1. The van der Waals surface area contributed by atoms with E-state index in [9.17, 15) is 27.7 Å². The number of non-ortho nitro benzene ring substituents is 1. The van der Waals surface area contributed by atoms with Crippen molar-refractivity contribution in [2.24, 2.45) is 0 Å².